The van der Waals surface area contributed by atoms with E-state index < -0.39 is 0 Å². The fourth-order valence-corrected chi connectivity index (χ4v) is 2.46. The van der Waals surface area contributed by atoms with Gasteiger partial charge in [0.25, 0.3) is 0 Å². The molecule has 0 amide bonds. The van der Waals surface area contributed by atoms with Crippen LogP contribution in [-0.4, -0.2) is 6.29 Å². The molecule has 0 aromatic heterocycles. The van der Waals surface area contributed by atoms with Gasteiger partial charge in [0.1, 0.15) is 6.29 Å². The Kier molecular flexibility index (Phi) is 2.40. The quantitative estimate of drug-likeness (QED) is 0.618. The molecule has 0 aliphatic heterocycles. The van der Waals surface area contributed by atoms with Crippen LogP contribution in [0, 0.1) is 6.92 Å². The SMILES string of the molecule is Cc1cc(C=O)cc2c1CCCC2C. The van der Waals surface area contributed by atoms with Crippen molar-refractivity contribution in [1.29, 1.82) is 0 Å². The van der Waals surface area contributed by atoms with E-state index in [-0.39, 0.29) is 0 Å². The highest BCUT2D eigenvalue weighted by Crippen LogP contribution is 2.33. The highest BCUT2D eigenvalue weighted by Gasteiger charge is 2.18. The van der Waals surface area contributed by atoms with Gasteiger partial charge < -0.3 is 0 Å². The molecule has 0 radical (unpaired) electrons. The van der Waals surface area contributed by atoms with Crippen LogP contribution in [0.3, 0.4) is 0 Å². The number of rotatable bonds is 1. The highest BCUT2D eigenvalue weighted by atomic mass is 16.1. The molecular formula is C13H16O. The fraction of sp³-hybridized carbons (Fsp3) is 0.462. The first-order chi connectivity index (χ1) is 6.72. The Morgan fingerprint density at radius 2 is 2.21 bits per heavy atom. The van der Waals surface area contributed by atoms with Crippen LogP contribution in [0.2, 0.25) is 0 Å². The van der Waals surface area contributed by atoms with Crippen LogP contribution < -0.4 is 0 Å². The number of carbonyl (C=O) groups is 1. The molecule has 0 fully saturated rings. The van der Waals surface area contributed by atoms with E-state index in [0.717, 1.165) is 11.8 Å². The van der Waals surface area contributed by atoms with Gasteiger partial charge in [-0.25, -0.2) is 0 Å². The Bertz CT molecular complexity index is 366. The summed E-state index contributed by atoms with van der Waals surface area (Å²) < 4.78 is 0. The summed E-state index contributed by atoms with van der Waals surface area (Å²) in [6.45, 7) is 4.37. The first-order valence-corrected chi connectivity index (χ1v) is 5.31. The Labute approximate surface area is 85.1 Å². The number of carbonyl (C=O) groups excluding carboxylic acids is 1. The molecular weight excluding hydrogens is 172 g/mol. The van der Waals surface area contributed by atoms with Crippen LogP contribution in [0.15, 0.2) is 12.1 Å². The Morgan fingerprint density at radius 1 is 1.43 bits per heavy atom. The lowest BCUT2D eigenvalue weighted by Gasteiger charge is -2.24. The molecule has 1 aliphatic carbocycles. The minimum atomic E-state index is 0.623. The van der Waals surface area contributed by atoms with Gasteiger partial charge in [-0.3, -0.25) is 4.79 Å². The first-order valence-electron chi connectivity index (χ1n) is 5.31. The molecule has 1 aromatic carbocycles. The Morgan fingerprint density at radius 3 is 2.93 bits per heavy atom. The predicted octanol–water partition coefficient (Wildman–Crippen LogP) is 3.25. The van der Waals surface area contributed by atoms with Crippen molar-refractivity contribution in [2.45, 2.75) is 39.0 Å². The van der Waals surface area contributed by atoms with E-state index in [0.29, 0.717) is 5.92 Å². The molecule has 0 saturated heterocycles. The molecule has 0 N–H and O–H groups in total. The van der Waals surface area contributed by atoms with E-state index >= 15 is 0 Å². The molecule has 0 saturated carbocycles. The number of fused-ring (bicyclic) bond motifs is 1. The van der Waals surface area contributed by atoms with Crippen LogP contribution in [0.5, 0.6) is 0 Å². The standard InChI is InChI=1S/C13H16O/c1-9-4-3-5-12-10(2)6-11(8-14)7-13(9)12/h6-9H,3-5H2,1-2H3. The third-order valence-corrected chi connectivity index (χ3v) is 3.26. The van der Waals surface area contributed by atoms with E-state index in [1.165, 1.54) is 36.0 Å². The van der Waals surface area contributed by atoms with Crippen LogP contribution in [0.4, 0.5) is 0 Å². The van der Waals surface area contributed by atoms with Crippen LogP contribution >= 0.6 is 0 Å². The molecule has 1 aromatic rings. The molecule has 0 spiro atoms. The molecule has 0 bridgehead atoms. The lowest BCUT2D eigenvalue weighted by Crippen LogP contribution is -2.09. The number of hydrogen-bond donors (Lipinski definition) is 0. The van der Waals surface area contributed by atoms with Gasteiger partial charge >= 0.3 is 0 Å². The molecule has 0 heterocycles. The van der Waals surface area contributed by atoms with E-state index in [4.69, 9.17) is 0 Å². The Hall–Kier alpha value is -1.11. The zero-order valence-electron chi connectivity index (χ0n) is 8.84. The largest absolute Gasteiger partial charge is 0.298 e. The van der Waals surface area contributed by atoms with E-state index in [2.05, 4.69) is 19.9 Å². The fourth-order valence-electron chi connectivity index (χ4n) is 2.46. The van der Waals surface area contributed by atoms with Crippen molar-refractivity contribution in [2.75, 3.05) is 0 Å². The summed E-state index contributed by atoms with van der Waals surface area (Å²) in [6.07, 6.45) is 4.68. The van der Waals surface area contributed by atoms with Crippen molar-refractivity contribution in [2.24, 2.45) is 0 Å². The normalized spacial score (nSPS) is 20.3. The van der Waals surface area contributed by atoms with E-state index in [1.807, 2.05) is 6.07 Å². The van der Waals surface area contributed by atoms with Gasteiger partial charge in [-0.15, -0.1) is 0 Å². The molecule has 1 heteroatoms. The summed E-state index contributed by atoms with van der Waals surface area (Å²) in [5.74, 6) is 0.623. The van der Waals surface area contributed by atoms with Crippen molar-refractivity contribution in [3.8, 4) is 0 Å². The third kappa shape index (κ3) is 1.47. The van der Waals surface area contributed by atoms with E-state index in [1.54, 1.807) is 0 Å². The minimum absolute atomic E-state index is 0.623. The second-order valence-corrected chi connectivity index (χ2v) is 4.32. The number of hydrogen-bond acceptors (Lipinski definition) is 1. The third-order valence-electron chi connectivity index (χ3n) is 3.26. The first kappa shape index (κ1) is 9.45. The molecule has 1 aliphatic rings. The summed E-state index contributed by atoms with van der Waals surface area (Å²) in [5.41, 5.74) is 5.00. The lowest BCUT2D eigenvalue weighted by atomic mass is 9.81. The zero-order valence-corrected chi connectivity index (χ0v) is 8.84. The zero-order chi connectivity index (χ0) is 10.1. The molecule has 1 unspecified atom stereocenters. The maximum Gasteiger partial charge on any atom is 0.150 e. The summed E-state index contributed by atoms with van der Waals surface area (Å²) in [6, 6.07) is 4.07. The van der Waals surface area contributed by atoms with Gasteiger partial charge in [0.15, 0.2) is 0 Å². The summed E-state index contributed by atoms with van der Waals surface area (Å²) >= 11 is 0. The van der Waals surface area contributed by atoms with Gasteiger partial charge in [0.05, 0.1) is 0 Å². The van der Waals surface area contributed by atoms with Gasteiger partial charge in [0.2, 0.25) is 0 Å². The monoisotopic (exact) mass is 188 g/mol. The summed E-state index contributed by atoms with van der Waals surface area (Å²) in [4.78, 5) is 10.8. The maximum absolute atomic E-state index is 10.8. The van der Waals surface area contributed by atoms with Gasteiger partial charge in [0, 0.05) is 5.56 Å². The van der Waals surface area contributed by atoms with Crippen LogP contribution in [0.25, 0.3) is 0 Å². The van der Waals surface area contributed by atoms with Crippen molar-refractivity contribution in [3.05, 3.63) is 34.4 Å². The molecule has 2 rings (SSSR count). The van der Waals surface area contributed by atoms with Crippen molar-refractivity contribution < 1.29 is 4.79 Å². The Balaban J connectivity index is 2.57. The minimum Gasteiger partial charge on any atom is -0.298 e. The van der Waals surface area contributed by atoms with Gasteiger partial charge in [-0.1, -0.05) is 6.92 Å². The summed E-state index contributed by atoms with van der Waals surface area (Å²) in [7, 11) is 0. The topological polar surface area (TPSA) is 17.1 Å². The number of aldehydes is 1. The number of benzene rings is 1. The smallest absolute Gasteiger partial charge is 0.150 e. The second-order valence-electron chi connectivity index (χ2n) is 4.32. The maximum atomic E-state index is 10.8. The second kappa shape index (κ2) is 3.56. The molecule has 1 atom stereocenters. The van der Waals surface area contributed by atoms with Crippen LogP contribution in [-0.2, 0) is 6.42 Å². The number of aryl methyl sites for hydroxylation is 1. The van der Waals surface area contributed by atoms with Crippen LogP contribution in [0.1, 0.15) is 52.7 Å². The van der Waals surface area contributed by atoms with Gasteiger partial charge in [-0.2, -0.15) is 0 Å². The highest BCUT2D eigenvalue weighted by molar-refractivity contribution is 5.76. The molecule has 14 heavy (non-hydrogen) atoms. The molecule has 74 valence electrons. The van der Waals surface area contributed by atoms with Crippen molar-refractivity contribution in [1.82, 2.24) is 0 Å². The predicted molar refractivity (Wildman–Crippen MR) is 57.9 cm³/mol. The van der Waals surface area contributed by atoms with E-state index in [9.17, 15) is 4.79 Å². The summed E-state index contributed by atoms with van der Waals surface area (Å²) in [5, 5.41) is 0. The lowest BCUT2D eigenvalue weighted by molar-refractivity contribution is 0.112. The molecule has 1 nitrogen and oxygen atoms in total. The average molecular weight is 188 g/mol. The van der Waals surface area contributed by atoms with Gasteiger partial charge in [-0.05, 0) is 60.9 Å². The average Bonchev–Trinajstić information content (AvgIpc) is 2.19. The van der Waals surface area contributed by atoms with Crippen molar-refractivity contribution >= 4 is 6.29 Å². The van der Waals surface area contributed by atoms with Crippen molar-refractivity contribution in [3.63, 3.8) is 0 Å².